The lowest BCUT2D eigenvalue weighted by Gasteiger charge is -2.15. The molecule has 0 saturated heterocycles. The molecule has 0 fully saturated rings. The molecule has 0 aromatic rings. The van der Waals surface area contributed by atoms with Crippen LogP contribution >= 0.6 is 0 Å². The largest absolute Gasteiger partial charge is 0.481 e. The third-order valence-corrected chi connectivity index (χ3v) is 1.76. The Morgan fingerprint density at radius 2 is 2.80 bits per heavy atom. The van der Waals surface area contributed by atoms with Crippen LogP contribution in [0.25, 0.3) is 0 Å². The van der Waals surface area contributed by atoms with Gasteiger partial charge in [-0.2, -0.15) is 0 Å². The number of carboxylic acids is 1. The molecule has 1 atom stereocenters. The highest BCUT2D eigenvalue weighted by Gasteiger charge is 2.18. The van der Waals surface area contributed by atoms with Crippen molar-refractivity contribution in [2.75, 3.05) is 0 Å². The highest BCUT2D eigenvalue weighted by atomic mass is 16.4. The molecule has 0 amide bonds. The number of aliphatic carboxylic acids is 1. The number of rotatable bonds is 1. The number of hydrogen-bond donors (Lipinski definition) is 1. The highest BCUT2D eigenvalue weighted by molar-refractivity contribution is 5.70. The predicted octanol–water partition coefficient (Wildman–Crippen LogP) is 1.82. The molecule has 0 bridgehead atoms. The van der Waals surface area contributed by atoms with Crippen LogP contribution in [0.2, 0.25) is 0 Å². The lowest BCUT2D eigenvalue weighted by atomic mass is 9.90. The average Bonchev–Trinajstić information content (AvgIpc) is 2.03. The van der Waals surface area contributed by atoms with Gasteiger partial charge in [0.1, 0.15) is 0 Å². The van der Waals surface area contributed by atoms with Crippen molar-refractivity contribution >= 4 is 5.97 Å². The van der Waals surface area contributed by atoms with Crippen LogP contribution in [0, 0.1) is 5.92 Å². The summed E-state index contributed by atoms with van der Waals surface area (Å²) in [4.78, 5) is 10.5. The average molecular weight is 143 g/mol. The van der Waals surface area contributed by atoms with E-state index in [2.05, 4.69) is 0 Å². The van der Waals surface area contributed by atoms with Crippen LogP contribution in [-0.4, -0.2) is 11.1 Å². The topological polar surface area (TPSA) is 37.3 Å². The summed E-state index contributed by atoms with van der Waals surface area (Å²) in [6.45, 7) is -2.04. The molecule has 0 heterocycles. The molecule has 2 nitrogen and oxygen atoms in total. The van der Waals surface area contributed by atoms with E-state index in [-0.39, 0.29) is 0 Å². The number of hydrogen-bond acceptors (Lipinski definition) is 1. The summed E-state index contributed by atoms with van der Waals surface area (Å²) in [5.41, 5.74) is 0.407. The lowest BCUT2D eigenvalue weighted by molar-refractivity contribution is -0.141. The van der Waals surface area contributed by atoms with Gasteiger partial charge in [0.05, 0.1) is 5.92 Å². The summed E-state index contributed by atoms with van der Waals surface area (Å²) in [5.74, 6) is -1.23. The van der Waals surface area contributed by atoms with Crippen LogP contribution in [0.1, 0.15) is 30.2 Å². The van der Waals surface area contributed by atoms with Gasteiger partial charge in [-0.15, -0.1) is 0 Å². The molecular formula is C8H12O2. The van der Waals surface area contributed by atoms with E-state index in [4.69, 9.17) is 9.22 Å². The fourth-order valence-corrected chi connectivity index (χ4v) is 1.06. The second-order valence-electron chi connectivity index (χ2n) is 2.54. The molecule has 1 aliphatic carbocycles. The Labute approximate surface area is 64.8 Å². The molecule has 0 aromatic heterocycles. The van der Waals surface area contributed by atoms with Gasteiger partial charge in [-0.3, -0.25) is 4.79 Å². The highest BCUT2D eigenvalue weighted by Crippen LogP contribution is 2.22. The van der Waals surface area contributed by atoms with Crippen molar-refractivity contribution in [2.45, 2.75) is 26.1 Å². The summed E-state index contributed by atoms with van der Waals surface area (Å²) in [5, 5.41) is 8.66. The Balaban J connectivity index is 2.63. The van der Waals surface area contributed by atoms with Crippen molar-refractivity contribution in [2.24, 2.45) is 5.92 Å². The van der Waals surface area contributed by atoms with Crippen LogP contribution in [0.5, 0.6) is 0 Å². The minimum absolute atomic E-state index is 0.350. The molecule has 1 aliphatic rings. The summed E-state index contributed by atoms with van der Waals surface area (Å²) >= 11 is 0. The van der Waals surface area contributed by atoms with Crippen molar-refractivity contribution < 1.29 is 14.0 Å². The minimum Gasteiger partial charge on any atom is -0.481 e. The molecule has 0 spiro atoms. The van der Waals surface area contributed by atoms with Crippen LogP contribution in [-0.2, 0) is 4.79 Å². The Morgan fingerprint density at radius 1 is 2.00 bits per heavy atom. The smallest absolute Gasteiger partial charge is 0.306 e. The van der Waals surface area contributed by atoms with Crippen molar-refractivity contribution in [1.29, 1.82) is 0 Å². The molecular weight excluding hydrogens is 128 g/mol. The number of carbonyl (C=O) groups is 1. The van der Waals surface area contributed by atoms with Gasteiger partial charge in [0, 0.05) is 4.11 Å². The van der Waals surface area contributed by atoms with E-state index in [0.717, 1.165) is 0 Å². The fourth-order valence-electron chi connectivity index (χ4n) is 1.06. The predicted molar refractivity (Wildman–Crippen MR) is 38.7 cm³/mol. The van der Waals surface area contributed by atoms with Crippen LogP contribution in [0.3, 0.4) is 0 Å². The Bertz CT molecular complexity index is 242. The maximum Gasteiger partial charge on any atom is 0.306 e. The standard InChI is InChI=1S/C8H12O2/c1-6-2-4-7(5-3-6)8(9)10/h2,7H,3-5H2,1H3,(H,9,10)/t7-/m1/s1/i1D3. The van der Waals surface area contributed by atoms with Gasteiger partial charge in [0.2, 0.25) is 0 Å². The maximum absolute atomic E-state index is 10.5. The van der Waals surface area contributed by atoms with Crippen molar-refractivity contribution in [3.8, 4) is 0 Å². The van der Waals surface area contributed by atoms with Gasteiger partial charge in [-0.05, 0) is 26.1 Å². The molecule has 0 aliphatic heterocycles. The number of allylic oxidation sites excluding steroid dienone is 2. The van der Waals surface area contributed by atoms with Crippen LogP contribution in [0.15, 0.2) is 11.6 Å². The van der Waals surface area contributed by atoms with Crippen molar-refractivity contribution in [1.82, 2.24) is 0 Å². The molecule has 0 saturated carbocycles. The van der Waals surface area contributed by atoms with E-state index in [1.165, 1.54) is 0 Å². The van der Waals surface area contributed by atoms with Gasteiger partial charge in [-0.25, -0.2) is 0 Å². The molecule has 1 rings (SSSR count). The Kier molecular flexibility index (Phi) is 1.19. The first-order valence-corrected chi connectivity index (χ1v) is 3.33. The van der Waals surface area contributed by atoms with E-state index in [0.29, 0.717) is 24.8 Å². The molecule has 1 N–H and O–H groups in total. The molecule has 0 unspecified atom stereocenters. The molecule has 2 heteroatoms. The van der Waals surface area contributed by atoms with Gasteiger partial charge in [0.25, 0.3) is 0 Å². The van der Waals surface area contributed by atoms with E-state index in [1.807, 2.05) is 0 Å². The molecule has 0 aromatic carbocycles. The zero-order valence-corrected chi connectivity index (χ0v) is 5.63. The summed E-state index contributed by atoms with van der Waals surface area (Å²) in [6.07, 6.45) is 2.73. The second kappa shape index (κ2) is 2.86. The monoisotopic (exact) mass is 143 g/mol. The molecule has 56 valence electrons. The first-order valence-electron chi connectivity index (χ1n) is 4.83. The third-order valence-electron chi connectivity index (χ3n) is 1.76. The third kappa shape index (κ3) is 1.59. The van der Waals surface area contributed by atoms with Gasteiger partial charge in [0.15, 0.2) is 0 Å². The van der Waals surface area contributed by atoms with Crippen LogP contribution < -0.4 is 0 Å². The Hall–Kier alpha value is -0.790. The normalized spacial score (nSPS) is 31.4. The Morgan fingerprint density at radius 3 is 3.20 bits per heavy atom. The van der Waals surface area contributed by atoms with Gasteiger partial charge >= 0.3 is 5.97 Å². The quantitative estimate of drug-likeness (QED) is 0.568. The fraction of sp³-hybridized carbons (Fsp3) is 0.625. The SMILES string of the molecule is [2H]C([2H])([2H])C1=CC[C@@H](C(=O)O)CC1. The first kappa shape index (κ1) is 4.16. The second-order valence-corrected chi connectivity index (χ2v) is 2.54. The number of carboxylic acid groups (broad SMARTS) is 1. The van der Waals surface area contributed by atoms with E-state index in [1.54, 1.807) is 6.08 Å². The minimum atomic E-state index is -2.04. The summed E-state index contributed by atoms with van der Waals surface area (Å²) < 4.78 is 21.4. The van der Waals surface area contributed by atoms with Gasteiger partial charge < -0.3 is 5.11 Å². The van der Waals surface area contributed by atoms with Crippen molar-refractivity contribution in [3.63, 3.8) is 0 Å². The van der Waals surface area contributed by atoms with E-state index >= 15 is 0 Å². The summed E-state index contributed by atoms with van der Waals surface area (Å²) in [6, 6.07) is 0. The van der Waals surface area contributed by atoms with Crippen LogP contribution in [0.4, 0.5) is 0 Å². The van der Waals surface area contributed by atoms with Crippen molar-refractivity contribution in [3.05, 3.63) is 11.6 Å². The molecule has 10 heavy (non-hydrogen) atoms. The first-order chi connectivity index (χ1) is 5.91. The lowest BCUT2D eigenvalue weighted by Crippen LogP contribution is -2.15. The van der Waals surface area contributed by atoms with E-state index < -0.39 is 18.7 Å². The van der Waals surface area contributed by atoms with Gasteiger partial charge in [-0.1, -0.05) is 11.6 Å². The zero-order chi connectivity index (χ0) is 10.1. The summed E-state index contributed by atoms with van der Waals surface area (Å²) in [7, 11) is 0. The molecule has 0 radical (unpaired) electrons. The maximum atomic E-state index is 10.5. The zero-order valence-electron chi connectivity index (χ0n) is 8.63. The van der Waals surface area contributed by atoms with E-state index in [9.17, 15) is 4.79 Å².